The lowest BCUT2D eigenvalue weighted by molar-refractivity contribution is -0.0705. The first-order valence-corrected chi connectivity index (χ1v) is 9.06. The quantitative estimate of drug-likeness (QED) is 0.457. The van der Waals surface area contributed by atoms with Gasteiger partial charge in [-0.3, -0.25) is 4.90 Å². The molecule has 1 aliphatic heterocycles. The normalized spacial score (nSPS) is 22.5. The van der Waals surface area contributed by atoms with Crippen LogP contribution in [0.4, 0.5) is 0 Å². The van der Waals surface area contributed by atoms with Crippen molar-refractivity contribution in [2.75, 3.05) is 19.6 Å². The maximum Gasteiger partial charge on any atom is 0.188 e. The van der Waals surface area contributed by atoms with Gasteiger partial charge in [0.25, 0.3) is 0 Å². The van der Waals surface area contributed by atoms with E-state index in [0.717, 1.165) is 39.0 Å². The Labute approximate surface area is 146 Å². The molecular formula is C19H32N4O. The summed E-state index contributed by atoms with van der Waals surface area (Å²) in [5.74, 6) is 0.534. The van der Waals surface area contributed by atoms with Gasteiger partial charge in [0.1, 0.15) is 0 Å². The van der Waals surface area contributed by atoms with Crippen LogP contribution in [-0.4, -0.2) is 42.7 Å². The average molecular weight is 332 g/mol. The molecule has 0 saturated carbocycles. The molecule has 1 aliphatic rings. The molecule has 134 valence electrons. The predicted molar refractivity (Wildman–Crippen MR) is 100.0 cm³/mol. The molecule has 1 saturated heterocycles. The highest BCUT2D eigenvalue weighted by Gasteiger charge is 2.22. The highest BCUT2D eigenvalue weighted by atomic mass is 16.5. The Balaban J connectivity index is 1.95. The highest BCUT2D eigenvalue weighted by Crippen LogP contribution is 2.17. The van der Waals surface area contributed by atoms with Crippen LogP contribution < -0.4 is 11.1 Å². The van der Waals surface area contributed by atoms with Crippen molar-refractivity contribution in [2.45, 2.75) is 58.9 Å². The van der Waals surface area contributed by atoms with Crippen molar-refractivity contribution >= 4 is 5.96 Å². The van der Waals surface area contributed by atoms with Gasteiger partial charge in [-0.25, -0.2) is 4.99 Å². The zero-order valence-corrected chi connectivity index (χ0v) is 15.3. The molecule has 1 aromatic rings. The molecule has 3 N–H and O–H groups in total. The van der Waals surface area contributed by atoms with Gasteiger partial charge in [-0.05, 0) is 31.4 Å². The van der Waals surface area contributed by atoms with Crippen molar-refractivity contribution in [3.05, 3.63) is 35.4 Å². The maximum atomic E-state index is 5.94. The third-order valence-electron chi connectivity index (χ3n) is 4.26. The minimum absolute atomic E-state index is 0.289. The summed E-state index contributed by atoms with van der Waals surface area (Å²) in [5.41, 5.74) is 8.51. The van der Waals surface area contributed by atoms with Crippen LogP contribution >= 0.6 is 0 Å². The Morgan fingerprint density at radius 3 is 2.58 bits per heavy atom. The van der Waals surface area contributed by atoms with Crippen molar-refractivity contribution in [1.29, 1.82) is 0 Å². The molecule has 0 amide bonds. The van der Waals surface area contributed by atoms with E-state index in [4.69, 9.17) is 10.5 Å². The summed E-state index contributed by atoms with van der Waals surface area (Å²) in [7, 11) is 0. The topological polar surface area (TPSA) is 62.9 Å². The molecular weight excluding hydrogens is 300 g/mol. The first kappa shape index (κ1) is 18.7. The fourth-order valence-corrected chi connectivity index (χ4v) is 3.14. The predicted octanol–water partition coefficient (Wildman–Crippen LogP) is 2.50. The Kier molecular flexibility index (Phi) is 7.53. The molecule has 1 heterocycles. The van der Waals surface area contributed by atoms with E-state index in [1.165, 1.54) is 11.1 Å². The number of nitrogens with two attached hydrogens (primary N) is 1. The van der Waals surface area contributed by atoms with Gasteiger partial charge in [-0.2, -0.15) is 0 Å². The van der Waals surface area contributed by atoms with E-state index in [2.05, 4.69) is 60.2 Å². The standard InChI is InChI=1S/C19H32N4O/c1-4-5-10-21-19(20)22-11-17-8-6-7-9-18(17)14-23-12-15(2)24-16(3)13-23/h6-9,15-16H,4-5,10-14H2,1-3H3,(H3,20,21,22). The monoisotopic (exact) mass is 332 g/mol. The Morgan fingerprint density at radius 1 is 1.25 bits per heavy atom. The summed E-state index contributed by atoms with van der Waals surface area (Å²) in [4.78, 5) is 6.95. The zero-order chi connectivity index (χ0) is 17.4. The lowest BCUT2D eigenvalue weighted by Gasteiger charge is -2.35. The summed E-state index contributed by atoms with van der Waals surface area (Å²) in [6.45, 7) is 10.8. The van der Waals surface area contributed by atoms with Gasteiger partial charge in [-0.1, -0.05) is 37.6 Å². The highest BCUT2D eigenvalue weighted by molar-refractivity contribution is 5.77. The van der Waals surface area contributed by atoms with Crippen molar-refractivity contribution < 1.29 is 4.74 Å². The molecule has 5 nitrogen and oxygen atoms in total. The molecule has 2 unspecified atom stereocenters. The number of ether oxygens (including phenoxy) is 1. The van der Waals surface area contributed by atoms with Crippen LogP contribution in [0, 0.1) is 0 Å². The molecule has 1 aromatic carbocycles. The Hall–Kier alpha value is -1.59. The van der Waals surface area contributed by atoms with Crippen LogP contribution in [0.3, 0.4) is 0 Å². The number of guanidine groups is 1. The molecule has 0 aliphatic carbocycles. The summed E-state index contributed by atoms with van der Waals surface area (Å²) in [5, 5.41) is 3.17. The van der Waals surface area contributed by atoms with Crippen molar-refractivity contribution in [1.82, 2.24) is 10.2 Å². The number of nitrogens with one attached hydrogen (secondary N) is 1. The molecule has 0 aromatic heterocycles. The maximum absolute atomic E-state index is 5.94. The van der Waals surface area contributed by atoms with E-state index in [9.17, 15) is 0 Å². The zero-order valence-electron chi connectivity index (χ0n) is 15.3. The third kappa shape index (κ3) is 6.13. The molecule has 0 spiro atoms. The summed E-state index contributed by atoms with van der Waals surface area (Å²) in [6, 6.07) is 8.50. The van der Waals surface area contributed by atoms with Gasteiger partial charge in [0.05, 0.1) is 18.8 Å². The van der Waals surface area contributed by atoms with E-state index in [-0.39, 0.29) is 12.2 Å². The smallest absolute Gasteiger partial charge is 0.188 e. The molecule has 5 heteroatoms. The fraction of sp³-hybridized carbons (Fsp3) is 0.632. The largest absolute Gasteiger partial charge is 0.373 e. The van der Waals surface area contributed by atoms with E-state index < -0.39 is 0 Å². The number of rotatable bonds is 7. The van der Waals surface area contributed by atoms with E-state index in [1.54, 1.807) is 0 Å². The fourth-order valence-electron chi connectivity index (χ4n) is 3.14. The molecule has 24 heavy (non-hydrogen) atoms. The summed E-state index contributed by atoms with van der Waals surface area (Å²) >= 11 is 0. The van der Waals surface area contributed by atoms with E-state index in [0.29, 0.717) is 12.5 Å². The number of morpholine rings is 1. The third-order valence-corrected chi connectivity index (χ3v) is 4.26. The van der Waals surface area contributed by atoms with Crippen LogP contribution in [0.1, 0.15) is 44.7 Å². The van der Waals surface area contributed by atoms with Gasteiger partial charge in [0.15, 0.2) is 5.96 Å². The molecule has 0 radical (unpaired) electrons. The lowest BCUT2D eigenvalue weighted by Crippen LogP contribution is -2.44. The van der Waals surface area contributed by atoms with Gasteiger partial charge in [0, 0.05) is 26.2 Å². The number of hydrogen-bond acceptors (Lipinski definition) is 3. The summed E-state index contributed by atoms with van der Waals surface area (Å²) in [6.07, 6.45) is 2.84. The van der Waals surface area contributed by atoms with Crippen molar-refractivity contribution in [2.24, 2.45) is 10.7 Å². The van der Waals surface area contributed by atoms with Gasteiger partial charge < -0.3 is 15.8 Å². The average Bonchev–Trinajstić information content (AvgIpc) is 2.53. The van der Waals surface area contributed by atoms with E-state index >= 15 is 0 Å². The first-order valence-electron chi connectivity index (χ1n) is 9.06. The lowest BCUT2D eigenvalue weighted by atomic mass is 10.1. The van der Waals surface area contributed by atoms with Crippen LogP contribution in [0.15, 0.2) is 29.3 Å². The van der Waals surface area contributed by atoms with Crippen LogP contribution in [0.25, 0.3) is 0 Å². The first-order chi connectivity index (χ1) is 11.6. The second-order valence-corrected chi connectivity index (χ2v) is 6.70. The minimum atomic E-state index is 0.289. The molecule has 2 rings (SSSR count). The number of nitrogens with zero attached hydrogens (tertiary/aromatic N) is 2. The summed E-state index contributed by atoms with van der Waals surface area (Å²) < 4.78 is 5.82. The van der Waals surface area contributed by atoms with Crippen LogP contribution in [0.5, 0.6) is 0 Å². The van der Waals surface area contributed by atoms with Crippen molar-refractivity contribution in [3.8, 4) is 0 Å². The Bertz CT molecular complexity index is 522. The molecule has 0 bridgehead atoms. The van der Waals surface area contributed by atoms with Gasteiger partial charge in [-0.15, -0.1) is 0 Å². The van der Waals surface area contributed by atoms with Crippen LogP contribution in [-0.2, 0) is 17.8 Å². The van der Waals surface area contributed by atoms with Gasteiger partial charge in [0.2, 0.25) is 0 Å². The second-order valence-electron chi connectivity index (χ2n) is 6.70. The van der Waals surface area contributed by atoms with Gasteiger partial charge >= 0.3 is 0 Å². The molecule has 1 fully saturated rings. The number of benzene rings is 1. The minimum Gasteiger partial charge on any atom is -0.373 e. The second kappa shape index (κ2) is 9.64. The van der Waals surface area contributed by atoms with Crippen molar-refractivity contribution in [3.63, 3.8) is 0 Å². The molecule has 2 atom stereocenters. The number of unbranched alkanes of at least 4 members (excludes halogenated alkanes) is 1. The van der Waals surface area contributed by atoms with E-state index in [1.807, 2.05) is 0 Å². The Morgan fingerprint density at radius 2 is 1.92 bits per heavy atom. The SMILES string of the molecule is CCCCNC(N)=NCc1ccccc1CN1CC(C)OC(C)C1. The van der Waals surface area contributed by atoms with Crippen LogP contribution in [0.2, 0.25) is 0 Å². The number of hydrogen-bond donors (Lipinski definition) is 2. The number of aliphatic imine (C=N–C) groups is 1.